The van der Waals surface area contributed by atoms with Gasteiger partial charge >= 0.3 is 12.2 Å². The predicted octanol–water partition coefficient (Wildman–Crippen LogP) is 3.26. The van der Waals surface area contributed by atoms with Crippen LogP contribution in [0.25, 0.3) is 0 Å². The van der Waals surface area contributed by atoms with Gasteiger partial charge in [0.2, 0.25) is 0 Å². The van der Waals surface area contributed by atoms with Gasteiger partial charge in [-0.25, -0.2) is 4.79 Å². The monoisotopic (exact) mass is 396 g/mol. The highest BCUT2D eigenvalue weighted by Crippen LogP contribution is 2.31. The summed E-state index contributed by atoms with van der Waals surface area (Å²) in [6.45, 7) is 0.0466. The number of alkyl halides is 3. The summed E-state index contributed by atoms with van der Waals surface area (Å²) in [5, 5.41) is 8.56. The first-order valence-corrected chi connectivity index (χ1v) is 7.72. The summed E-state index contributed by atoms with van der Waals surface area (Å²) in [5.41, 5.74) is -0.945. The molecule has 5 nitrogen and oxygen atoms in total. The third-order valence-electron chi connectivity index (χ3n) is 2.84. The standard InChI is InChI=1S/C12H12BrF3N4OS/c1-20-9(8(5-19-20)12(14,15)16)6-18-11(21)17-4-7-2-3-10(13)22-7/h2-3,5H,4,6H2,1H3,(H2,17,18,21). The van der Waals surface area contributed by atoms with Crippen molar-refractivity contribution in [2.24, 2.45) is 7.05 Å². The van der Waals surface area contributed by atoms with Gasteiger partial charge in [0, 0.05) is 11.9 Å². The van der Waals surface area contributed by atoms with Crippen molar-refractivity contribution in [2.45, 2.75) is 19.3 Å². The van der Waals surface area contributed by atoms with Crippen molar-refractivity contribution < 1.29 is 18.0 Å². The molecule has 10 heteroatoms. The van der Waals surface area contributed by atoms with Crippen LogP contribution < -0.4 is 10.6 Å². The topological polar surface area (TPSA) is 59.0 Å². The van der Waals surface area contributed by atoms with Crippen molar-refractivity contribution in [1.29, 1.82) is 0 Å². The van der Waals surface area contributed by atoms with Crippen molar-refractivity contribution in [3.63, 3.8) is 0 Å². The number of carbonyl (C=O) groups is 1. The minimum atomic E-state index is -4.50. The third kappa shape index (κ3) is 4.23. The second-order valence-corrected chi connectivity index (χ2v) is 6.92. The second-order valence-electron chi connectivity index (χ2n) is 4.37. The van der Waals surface area contributed by atoms with Crippen LogP contribution >= 0.6 is 27.3 Å². The van der Waals surface area contributed by atoms with E-state index >= 15 is 0 Å². The molecule has 2 rings (SSSR count). The third-order valence-corrected chi connectivity index (χ3v) is 4.46. The summed E-state index contributed by atoms with van der Waals surface area (Å²) in [6, 6.07) is 3.15. The predicted molar refractivity (Wildman–Crippen MR) is 79.3 cm³/mol. The van der Waals surface area contributed by atoms with Crippen molar-refractivity contribution in [2.75, 3.05) is 0 Å². The molecule has 2 aromatic heterocycles. The fourth-order valence-corrected chi connectivity index (χ4v) is 3.17. The molecule has 2 heterocycles. The Labute approximate surface area is 136 Å². The number of nitrogens with one attached hydrogen (secondary N) is 2. The van der Waals surface area contributed by atoms with E-state index in [0.717, 1.165) is 19.5 Å². The van der Waals surface area contributed by atoms with Crippen molar-refractivity contribution >= 4 is 33.3 Å². The zero-order chi connectivity index (χ0) is 16.3. The smallest absolute Gasteiger partial charge is 0.333 e. The van der Waals surface area contributed by atoms with E-state index in [0.29, 0.717) is 6.54 Å². The fraction of sp³-hybridized carbons (Fsp3) is 0.333. The lowest BCUT2D eigenvalue weighted by Gasteiger charge is -2.11. The summed E-state index contributed by atoms with van der Waals surface area (Å²) in [4.78, 5) is 12.6. The SMILES string of the molecule is Cn1ncc(C(F)(F)F)c1CNC(=O)NCc1ccc(Br)s1. The zero-order valence-corrected chi connectivity index (χ0v) is 13.8. The molecule has 0 fully saturated rings. The quantitative estimate of drug-likeness (QED) is 0.832. The van der Waals surface area contributed by atoms with Gasteiger partial charge in [0.25, 0.3) is 0 Å². The fourth-order valence-electron chi connectivity index (χ4n) is 1.75. The lowest BCUT2D eigenvalue weighted by Crippen LogP contribution is -2.35. The molecule has 2 amide bonds. The number of amides is 2. The van der Waals surface area contributed by atoms with Crippen LogP contribution in [0.2, 0.25) is 0 Å². The summed E-state index contributed by atoms with van der Waals surface area (Å²) in [6.07, 6.45) is -3.75. The number of carbonyl (C=O) groups excluding carboxylic acids is 1. The average Bonchev–Trinajstić information content (AvgIpc) is 2.99. The molecule has 120 valence electrons. The Balaban J connectivity index is 1.90. The lowest BCUT2D eigenvalue weighted by molar-refractivity contribution is -0.138. The molecule has 0 saturated carbocycles. The van der Waals surface area contributed by atoms with Crippen LogP contribution in [0.5, 0.6) is 0 Å². The minimum absolute atomic E-state index is 0.0958. The molecule has 2 N–H and O–H groups in total. The number of halogens is 4. The van der Waals surface area contributed by atoms with E-state index in [-0.39, 0.29) is 12.2 Å². The second kappa shape index (κ2) is 6.69. The largest absolute Gasteiger partial charge is 0.419 e. The van der Waals surface area contributed by atoms with E-state index in [1.54, 1.807) is 0 Å². The maximum Gasteiger partial charge on any atom is 0.419 e. The van der Waals surface area contributed by atoms with Gasteiger partial charge in [-0.05, 0) is 28.1 Å². The van der Waals surface area contributed by atoms with E-state index in [1.165, 1.54) is 18.4 Å². The maximum absolute atomic E-state index is 12.8. The summed E-state index contributed by atoms with van der Waals surface area (Å²) < 4.78 is 40.4. The first kappa shape index (κ1) is 16.8. The number of nitrogens with zero attached hydrogens (tertiary/aromatic N) is 2. The molecule has 0 spiro atoms. The van der Waals surface area contributed by atoms with Crippen LogP contribution in [0.1, 0.15) is 16.1 Å². The number of rotatable bonds is 4. The molecular weight excluding hydrogens is 385 g/mol. The molecule has 0 unspecified atom stereocenters. The van der Waals surface area contributed by atoms with Crippen molar-refractivity contribution in [3.05, 3.63) is 38.3 Å². The Morgan fingerprint density at radius 1 is 1.36 bits per heavy atom. The Hall–Kier alpha value is -1.55. The summed E-state index contributed by atoms with van der Waals surface area (Å²) in [5.74, 6) is 0. The highest BCUT2D eigenvalue weighted by Gasteiger charge is 2.35. The zero-order valence-electron chi connectivity index (χ0n) is 11.4. The number of aryl methyl sites for hydroxylation is 1. The Kier molecular flexibility index (Phi) is 5.12. The molecular formula is C12H12BrF3N4OS. The molecule has 2 aromatic rings. The molecule has 0 aliphatic rings. The van der Waals surface area contributed by atoms with Gasteiger partial charge in [-0.3, -0.25) is 4.68 Å². The van der Waals surface area contributed by atoms with E-state index in [2.05, 4.69) is 31.7 Å². The lowest BCUT2D eigenvalue weighted by atomic mass is 10.2. The number of hydrogen-bond acceptors (Lipinski definition) is 3. The highest BCUT2D eigenvalue weighted by atomic mass is 79.9. The van der Waals surface area contributed by atoms with Gasteiger partial charge in [0.15, 0.2) is 0 Å². The van der Waals surface area contributed by atoms with Gasteiger partial charge in [-0.1, -0.05) is 0 Å². The van der Waals surface area contributed by atoms with E-state index < -0.39 is 17.8 Å². The van der Waals surface area contributed by atoms with Gasteiger partial charge < -0.3 is 10.6 Å². The van der Waals surface area contributed by atoms with Crippen LogP contribution in [-0.2, 0) is 26.3 Å². The van der Waals surface area contributed by atoms with Gasteiger partial charge in [-0.2, -0.15) is 18.3 Å². The van der Waals surface area contributed by atoms with E-state index in [4.69, 9.17) is 0 Å². The molecule has 0 saturated heterocycles. The molecule has 0 radical (unpaired) electrons. The Morgan fingerprint density at radius 3 is 2.64 bits per heavy atom. The van der Waals surface area contributed by atoms with E-state index in [1.807, 2.05) is 12.1 Å². The molecule has 0 aliphatic heterocycles. The first-order chi connectivity index (χ1) is 10.3. The van der Waals surface area contributed by atoms with Crippen LogP contribution in [0, 0.1) is 0 Å². The molecule has 0 atom stereocenters. The van der Waals surface area contributed by atoms with Crippen LogP contribution in [-0.4, -0.2) is 15.8 Å². The highest BCUT2D eigenvalue weighted by molar-refractivity contribution is 9.11. The Morgan fingerprint density at radius 2 is 2.05 bits per heavy atom. The van der Waals surface area contributed by atoms with Gasteiger partial charge in [-0.15, -0.1) is 11.3 Å². The first-order valence-electron chi connectivity index (χ1n) is 6.11. The maximum atomic E-state index is 12.8. The minimum Gasteiger partial charge on any atom is -0.333 e. The number of aromatic nitrogens is 2. The number of hydrogen-bond donors (Lipinski definition) is 2. The summed E-state index contributed by atoms with van der Waals surface area (Å²) in [7, 11) is 1.40. The van der Waals surface area contributed by atoms with Crippen LogP contribution in [0.3, 0.4) is 0 Å². The summed E-state index contributed by atoms with van der Waals surface area (Å²) >= 11 is 4.77. The van der Waals surface area contributed by atoms with Crippen LogP contribution in [0.15, 0.2) is 22.1 Å². The molecule has 0 bridgehead atoms. The number of urea groups is 1. The molecule has 22 heavy (non-hydrogen) atoms. The van der Waals surface area contributed by atoms with Crippen LogP contribution in [0.4, 0.5) is 18.0 Å². The van der Waals surface area contributed by atoms with Gasteiger partial charge in [0.05, 0.1) is 34.3 Å². The molecule has 0 aliphatic carbocycles. The Bertz CT molecular complexity index is 668. The average molecular weight is 397 g/mol. The van der Waals surface area contributed by atoms with Gasteiger partial charge in [0.1, 0.15) is 0 Å². The normalized spacial score (nSPS) is 11.5. The molecule has 0 aromatic carbocycles. The van der Waals surface area contributed by atoms with Crippen molar-refractivity contribution in [3.8, 4) is 0 Å². The number of thiophene rings is 1. The van der Waals surface area contributed by atoms with Crippen molar-refractivity contribution in [1.82, 2.24) is 20.4 Å². The van der Waals surface area contributed by atoms with E-state index in [9.17, 15) is 18.0 Å².